The zero-order valence-corrected chi connectivity index (χ0v) is 12.5. The number of nitrogens with zero attached hydrogens (tertiary/aromatic N) is 1. The van der Waals surface area contributed by atoms with Gasteiger partial charge in [0.15, 0.2) is 0 Å². The second kappa shape index (κ2) is 7.37. The van der Waals surface area contributed by atoms with Gasteiger partial charge in [-0.1, -0.05) is 0 Å². The molecule has 7 heteroatoms. The molecule has 0 aromatic carbocycles. The van der Waals surface area contributed by atoms with Gasteiger partial charge in [0.05, 0.1) is 11.4 Å². The predicted octanol–water partition coefficient (Wildman–Crippen LogP) is 1.47. The van der Waals surface area contributed by atoms with Crippen molar-refractivity contribution < 1.29 is 23.9 Å². The van der Waals surface area contributed by atoms with Crippen molar-refractivity contribution >= 4 is 23.5 Å². The zero-order valence-electron chi connectivity index (χ0n) is 12.5. The molecule has 0 aliphatic carbocycles. The van der Waals surface area contributed by atoms with Crippen molar-refractivity contribution in [1.29, 1.82) is 0 Å². The number of hydrogen-bond donors (Lipinski definition) is 1. The molecule has 0 radical (unpaired) electrons. The van der Waals surface area contributed by atoms with Gasteiger partial charge in [-0.2, -0.15) is 0 Å². The first-order valence-electron chi connectivity index (χ1n) is 6.33. The quantitative estimate of drug-likeness (QED) is 0.826. The first-order chi connectivity index (χ1) is 9.81. The van der Waals surface area contributed by atoms with Crippen molar-refractivity contribution in [1.82, 2.24) is 4.98 Å². The number of rotatable bonds is 5. The molecular weight excluding hydrogens is 276 g/mol. The Morgan fingerprint density at radius 2 is 1.67 bits per heavy atom. The van der Waals surface area contributed by atoms with Crippen LogP contribution in [0.3, 0.4) is 0 Å². The Labute approximate surface area is 122 Å². The van der Waals surface area contributed by atoms with Crippen molar-refractivity contribution in [3.05, 3.63) is 23.0 Å². The van der Waals surface area contributed by atoms with Gasteiger partial charge in [-0.15, -0.1) is 0 Å². The smallest absolute Gasteiger partial charge is 0.302 e. The molecule has 1 aromatic rings. The van der Waals surface area contributed by atoms with E-state index in [4.69, 9.17) is 9.47 Å². The summed E-state index contributed by atoms with van der Waals surface area (Å²) in [5.74, 6) is -1.15. The third-order valence-corrected chi connectivity index (χ3v) is 2.62. The number of hydrogen-bond acceptors (Lipinski definition) is 6. The van der Waals surface area contributed by atoms with E-state index >= 15 is 0 Å². The fraction of sp³-hybridized carbons (Fsp3) is 0.429. The van der Waals surface area contributed by atoms with Gasteiger partial charge in [0.25, 0.3) is 0 Å². The molecule has 114 valence electrons. The van der Waals surface area contributed by atoms with Crippen LogP contribution >= 0.6 is 0 Å². The molecule has 1 amide bonds. The van der Waals surface area contributed by atoms with Crippen LogP contribution in [0.4, 0.5) is 5.69 Å². The third kappa shape index (κ3) is 5.21. The third-order valence-electron chi connectivity index (χ3n) is 2.62. The molecule has 1 aromatic heterocycles. The number of carbonyl (C=O) groups is 3. The molecule has 1 rings (SSSR count). The molecule has 0 spiro atoms. The second-order valence-corrected chi connectivity index (χ2v) is 4.46. The summed E-state index contributed by atoms with van der Waals surface area (Å²) in [7, 11) is 0. The van der Waals surface area contributed by atoms with Crippen molar-refractivity contribution in [3.63, 3.8) is 0 Å². The maximum absolute atomic E-state index is 11.3. The molecule has 21 heavy (non-hydrogen) atoms. The summed E-state index contributed by atoms with van der Waals surface area (Å²) in [6.45, 7) is 5.63. The van der Waals surface area contributed by atoms with Crippen molar-refractivity contribution in [3.8, 4) is 0 Å². The Balaban J connectivity index is 3.18. The average Bonchev–Trinajstić information content (AvgIpc) is 2.37. The van der Waals surface area contributed by atoms with Gasteiger partial charge in [-0.3, -0.25) is 19.4 Å². The number of nitrogens with one attached hydrogen (secondary N) is 1. The number of amides is 1. The highest BCUT2D eigenvalue weighted by Gasteiger charge is 2.16. The van der Waals surface area contributed by atoms with Crippen LogP contribution in [-0.4, -0.2) is 22.8 Å². The second-order valence-electron chi connectivity index (χ2n) is 4.46. The molecule has 0 saturated heterocycles. The standard InChI is InChI=1S/C14H18N2O5/c1-8-14(16-9(2)17)13(7-21-11(4)19)12(5-15-8)6-20-10(3)18/h5H,6-7H2,1-4H3,(H,16,17). The molecule has 1 heterocycles. The number of esters is 2. The van der Waals surface area contributed by atoms with Crippen molar-refractivity contribution in [2.75, 3.05) is 5.32 Å². The lowest BCUT2D eigenvalue weighted by Crippen LogP contribution is -2.15. The summed E-state index contributed by atoms with van der Waals surface area (Å²) in [5, 5.41) is 2.66. The van der Waals surface area contributed by atoms with E-state index < -0.39 is 11.9 Å². The van der Waals surface area contributed by atoms with E-state index in [2.05, 4.69) is 10.3 Å². The molecule has 0 unspecified atom stereocenters. The lowest BCUT2D eigenvalue weighted by Gasteiger charge is -2.16. The molecule has 0 fully saturated rings. The number of pyridine rings is 1. The summed E-state index contributed by atoms with van der Waals surface area (Å²) in [6, 6.07) is 0. The Kier molecular flexibility index (Phi) is 5.83. The highest BCUT2D eigenvalue weighted by Crippen LogP contribution is 2.24. The van der Waals surface area contributed by atoms with Gasteiger partial charge in [0.1, 0.15) is 13.2 Å². The van der Waals surface area contributed by atoms with Crippen LogP contribution in [0.1, 0.15) is 37.6 Å². The van der Waals surface area contributed by atoms with Gasteiger partial charge in [0.2, 0.25) is 5.91 Å². The van der Waals surface area contributed by atoms with E-state index in [-0.39, 0.29) is 19.1 Å². The number of aryl methyl sites for hydroxylation is 1. The largest absolute Gasteiger partial charge is 0.461 e. The molecular formula is C14H18N2O5. The molecule has 0 bridgehead atoms. The topological polar surface area (TPSA) is 94.6 Å². The van der Waals surface area contributed by atoms with E-state index in [1.165, 1.54) is 27.0 Å². The molecule has 7 nitrogen and oxygen atoms in total. The van der Waals surface area contributed by atoms with Gasteiger partial charge >= 0.3 is 11.9 Å². The van der Waals surface area contributed by atoms with E-state index in [1.54, 1.807) is 6.92 Å². The SMILES string of the molecule is CC(=O)Nc1c(C)ncc(COC(C)=O)c1COC(C)=O. The first kappa shape index (κ1) is 16.6. The molecule has 0 aliphatic heterocycles. The minimum Gasteiger partial charge on any atom is -0.461 e. The summed E-state index contributed by atoms with van der Waals surface area (Å²) < 4.78 is 9.94. The zero-order chi connectivity index (χ0) is 16.0. The van der Waals surface area contributed by atoms with E-state index in [9.17, 15) is 14.4 Å². The van der Waals surface area contributed by atoms with Gasteiger partial charge < -0.3 is 14.8 Å². The van der Waals surface area contributed by atoms with Crippen LogP contribution in [0, 0.1) is 6.92 Å². The van der Waals surface area contributed by atoms with Crippen LogP contribution in [0.5, 0.6) is 0 Å². The highest BCUT2D eigenvalue weighted by atomic mass is 16.5. The Bertz CT molecular complexity index is 569. The van der Waals surface area contributed by atoms with Crippen LogP contribution in [0.2, 0.25) is 0 Å². The van der Waals surface area contributed by atoms with Crippen LogP contribution in [0.15, 0.2) is 6.20 Å². The van der Waals surface area contributed by atoms with Crippen LogP contribution < -0.4 is 5.32 Å². The predicted molar refractivity (Wildman–Crippen MR) is 74.2 cm³/mol. The average molecular weight is 294 g/mol. The van der Waals surface area contributed by atoms with Gasteiger partial charge in [-0.25, -0.2) is 0 Å². The number of aromatic nitrogens is 1. The number of anilines is 1. The normalized spacial score (nSPS) is 9.90. The van der Waals surface area contributed by atoms with Crippen LogP contribution in [0.25, 0.3) is 0 Å². The fourth-order valence-corrected chi connectivity index (χ4v) is 1.68. The highest BCUT2D eigenvalue weighted by molar-refractivity contribution is 5.90. The van der Waals surface area contributed by atoms with Gasteiger partial charge in [-0.05, 0) is 6.92 Å². The van der Waals surface area contributed by atoms with Crippen LogP contribution in [-0.2, 0) is 37.1 Å². The minimum absolute atomic E-state index is 0.00814. The molecule has 1 N–H and O–H groups in total. The van der Waals surface area contributed by atoms with E-state index in [0.717, 1.165) is 0 Å². The Morgan fingerprint density at radius 3 is 2.19 bits per heavy atom. The molecule has 0 atom stereocenters. The fourth-order valence-electron chi connectivity index (χ4n) is 1.68. The maximum Gasteiger partial charge on any atom is 0.302 e. The number of carbonyl (C=O) groups excluding carboxylic acids is 3. The Hall–Kier alpha value is -2.44. The monoisotopic (exact) mass is 294 g/mol. The number of ether oxygens (including phenoxy) is 2. The lowest BCUT2D eigenvalue weighted by molar-refractivity contribution is -0.143. The lowest BCUT2D eigenvalue weighted by atomic mass is 10.1. The van der Waals surface area contributed by atoms with Crippen molar-refractivity contribution in [2.24, 2.45) is 0 Å². The summed E-state index contributed by atoms with van der Waals surface area (Å²) in [6.07, 6.45) is 1.53. The minimum atomic E-state index is -0.448. The summed E-state index contributed by atoms with van der Waals surface area (Å²) in [4.78, 5) is 37.4. The molecule has 0 saturated carbocycles. The first-order valence-corrected chi connectivity index (χ1v) is 6.33. The van der Waals surface area contributed by atoms with E-state index in [1.807, 2.05) is 0 Å². The summed E-state index contributed by atoms with van der Waals surface area (Å²) >= 11 is 0. The van der Waals surface area contributed by atoms with Crippen molar-refractivity contribution in [2.45, 2.75) is 40.9 Å². The van der Waals surface area contributed by atoms with Gasteiger partial charge in [0, 0.05) is 38.1 Å². The van der Waals surface area contributed by atoms with E-state index in [0.29, 0.717) is 22.5 Å². The summed E-state index contributed by atoms with van der Waals surface area (Å²) in [5.41, 5.74) is 2.18. The maximum atomic E-state index is 11.3. The Morgan fingerprint density at radius 1 is 1.10 bits per heavy atom. The molecule has 0 aliphatic rings.